The summed E-state index contributed by atoms with van der Waals surface area (Å²) in [7, 11) is 0. The largest absolute Gasteiger partial charge is 0.311 e. The standard InChI is InChI=1S/C74H78BN3S/c1-45-22-15-18-26-59(45)77(60-27-19-16-23-46(60)2)48-39-64-67-65(40-48)78(61-28-21-25-50-49-24-17-20-29-66(49)79-68(50)61)63-44-56-54(72(9,10)35-37-74(56,13)14)42-58(63)75(67)57-41-53-55(73(11,12)36-34-71(53,7)8)43-62(57)76(64)47-30-31-51-52(38-47)70(5,6)33-32-69(51,3)4/h15-31,38-44H,32-37H2,1-14H3. The second kappa shape index (κ2) is 17.0. The molecule has 14 rings (SSSR count). The molecule has 1 aromatic heterocycles. The summed E-state index contributed by atoms with van der Waals surface area (Å²) in [6, 6.07) is 57.9. The predicted molar refractivity (Wildman–Crippen MR) is 343 cm³/mol. The van der Waals surface area contributed by atoms with Gasteiger partial charge in [-0.1, -0.05) is 168 Å². The van der Waals surface area contributed by atoms with Gasteiger partial charge in [0.2, 0.25) is 0 Å². The molecule has 5 heteroatoms. The first-order valence-electron chi connectivity index (χ1n) is 29.6. The van der Waals surface area contributed by atoms with Crippen molar-refractivity contribution in [2.24, 2.45) is 0 Å². The number of aryl methyl sites for hydroxylation is 2. The van der Waals surface area contributed by atoms with Crippen molar-refractivity contribution in [2.45, 2.75) is 168 Å². The van der Waals surface area contributed by atoms with E-state index in [0.29, 0.717) is 0 Å². The summed E-state index contributed by atoms with van der Waals surface area (Å²) in [5, 5.41) is 2.64. The van der Waals surface area contributed by atoms with Crippen LogP contribution in [0.5, 0.6) is 0 Å². The molecule has 9 aromatic rings. The van der Waals surface area contributed by atoms with Crippen LogP contribution in [0.2, 0.25) is 0 Å². The minimum Gasteiger partial charge on any atom is -0.311 e. The van der Waals surface area contributed by atoms with E-state index >= 15 is 0 Å². The molecule has 398 valence electrons. The van der Waals surface area contributed by atoms with Gasteiger partial charge in [0.15, 0.2) is 0 Å². The van der Waals surface area contributed by atoms with Crippen molar-refractivity contribution >= 4 is 106 Å². The van der Waals surface area contributed by atoms with Crippen LogP contribution in [0.25, 0.3) is 20.2 Å². The second-order valence-electron chi connectivity index (χ2n) is 28.6. The number of anilines is 9. The van der Waals surface area contributed by atoms with E-state index in [-0.39, 0.29) is 39.2 Å². The zero-order valence-electron chi connectivity index (χ0n) is 49.4. The average molecular weight is 1050 g/mol. The van der Waals surface area contributed by atoms with Crippen LogP contribution in [0.1, 0.15) is 166 Å². The number of thiophene rings is 1. The minimum absolute atomic E-state index is 0.000324. The third kappa shape index (κ3) is 7.49. The molecule has 0 spiro atoms. The van der Waals surface area contributed by atoms with E-state index in [1.807, 2.05) is 11.3 Å². The quantitative estimate of drug-likeness (QED) is 0.159. The lowest BCUT2D eigenvalue weighted by molar-refractivity contribution is 0.332. The van der Waals surface area contributed by atoms with E-state index in [0.717, 1.165) is 37.8 Å². The number of para-hydroxylation sites is 2. The molecular formula is C74H78BN3S. The lowest BCUT2D eigenvalue weighted by Gasteiger charge is -2.49. The number of hydrogen-bond donors (Lipinski definition) is 0. The van der Waals surface area contributed by atoms with Crippen LogP contribution >= 0.6 is 11.3 Å². The van der Waals surface area contributed by atoms with E-state index in [9.17, 15) is 0 Å². The van der Waals surface area contributed by atoms with Gasteiger partial charge in [0.1, 0.15) is 0 Å². The number of fused-ring (bicyclic) bond motifs is 10. The summed E-state index contributed by atoms with van der Waals surface area (Å²) in [5.74, 6) is 0. The Balaban J connectivity index is 1.18. The lowest BCUT2D eigenvalue weighted by atomic mass is 9.32. The van der Waals surface area contributed by atoms with Crippen LogP contribution in [0, 0.1) is 13.8 Å². The van der Waals surface area contributed by atoms with Gasteiger partial charge in [0, 0.05) is 55.3 Å². The Hall–Kier alpha value is -6.56. The molecule has 0 unspecified atom stereocenters. The fraction of sp³-hybridized carbons (Fsp3) is 0.351. The molecule has 0 amide bonds. The van der Waals surface area contributed by atoms with Gasteiger partial charge in [-0.05, 0) is 206 Å². The van der Waals surface area contributed by atoms with Crippen LogP contribution in [0.3, 0.4) is 0 Å². The van der Waals surface area contributed by atoms with Crippen LogP contribution < -0.4 is 31.1 Å². The first kappa shape index (κ1) is 50.6. The molecule has 3 heterocycles. The number of rotatable bonds is 5. The second-order valence-corrected chi connectivity index (χ2v) is 29.7. The Morgan fingerprint density at radius 3 is 1.38 bits per heavy atom. The molecule has 8 aromatic carbocycles. The van der Waals surface area contributed by atoms with Crippen molar-refractivity contribution in [2.75, 3.05) is 14.7 Å². The summed E-state index contributed by atoms with van der Waals surface area (Å²) in [5.41, 5.74) is 27.0. The van der Waals surface area contributed by atoms with Crippen molar-refractivity contribution in [3.63, 3.8) is 0 Å². The molecule has 3 aliphatic carbocycles. The van der Waals surface area contributed by atoms with Gasteiger partial charge in [-0.3, -0.25) is 0 Å². The molecule has 0 saturated carbocycles. The summed E-state index contributed by atoms with van der Waals surface area (Å²) < 4.78 is 2.65. The zero-order valence-corrected chi connectivity index (χ0v) is 50.2. The van der Waals surface area contributed by atoms with Crippen molar-refractivity contribution < 1.29 is 0 Å². The fourth-order valence-electron chi connectivity index (χ4n) is 15.4. The summed E-state index contributed by atoms with van der Waals surface area (Å²) >= 11 is 1.94. The highest BCUT2D eigenvalue weighted by atomic mass is 32.1. The van der Waals surface area contributed by atoms with E-state index in [4.69, 9.17) is 0 Å². The summed E-state index contributed by atoms with van der Waals surface area (Å²) in [6.07, 6.45) is 6.96. The van der Waals surface area contributed by atoms with Gasteiger partial charge in [0.25, 0.3) is 6.71 Å². The molecule has 79 heavy (non-hydrogen) atoms. The topological polar surface area (TPSA) is 9.72 Å². The lowest BCUT2D eigenvalue weighted by Crippen LogP contribution is -2.62. The Morgan fingerprint density at radius 1 is 0.392 bits per heavy atom. The monoisotopic (exact) mass is 1050 g/mol. The maximum Gasteiger partial charge on any atom is 0.252 e. The van der Waals surface area contributed by atoms with E-state index in [1.165, 1.54) is 133 Å². The van der Waals surface area contributed by atoms with Gasteiger partial charge in [-0.15, -0.1) is 11.3 Å². The van der Waals surface area contributed by atoms with Crippen molar-refractivity contribution in [3.05, 3.63) is 190 Å². The van der Waals surface area contributed by atoms with Crippen molar-refractivity contribution in [1.82, 2.24) is 0 Å². The third-order valence-electron chi connectivity index (χ3n) is 20.7. The number of benzene rings is 8. The molecule has 0 radical (unpaired) electrons. The van der Waals surface area contributed by atoms with Gasteiger partial charge in [-0.2, -0.15) is 0 Å². The van der Waals surface area contributed by atoms with Crippen molar-refractivity contribution in [3.8, 4) is 0 Å². The molecule has 0 fully saturated rings. The first-order chi connectivity index (χ1) is 37.5. The molecule has 2 aliphatic heterocycles. The maximum absolute atomic E-state index is 2.76. The van der Waals surface area contributed by atoms with E-state index < -0.39 is 0 Å². The zero-order chi connectivity index (χ0) is 55.1. The predicted octanol–water partition coefficient (Wildman–Crippen LogP) is 19.3. The minimum atomic E-state index is -0.0335. The highest BCUT2D eigenvalue weighted by Crippen LogP contribution is 2.57. The highest BCUT2D eigenvalue weighted by molar-refractivity contribution is 7.26. The highest BCUT2D eigenvalue weighted by Gasteiger charge is 2.50. The van der Waals surface area contributed by atoms with Gasteiger partial charge >= 0.3 is 0 Å². The van der Waals surface area contributed by atoms with Crippen LogP contribution in [-0.2, 0) is 32.5 Å². The SMILES string of the molecule is Cc1ccccc1N(c1cc2c3c(c1)N(c1cccc4c1sc1ccccc14)c1cc4c(cc1B3c1cc3c(cc1N2c1ccc2c(c1)C(C)(C)CCC2(C)C)C(C)(C)CCC3(C)C)C(C)(C)CCC4(C)C)c1ccccc1C. The third-order valence-corrected chi connectivity index (χ3v) is 21.9. The molecule has 0 atom stereocenters. The fourth-order valence-corrected chi connectivity index (χ4v) is 16.6. The molecule has 0 bridgehead atoms. The number of hydrogen-bond acceptors (Lipinski definition) is 4. The molecule has 0 saturated heterocycles. The van der Waals surface area contributed by atoms with Crippen molar-refractivity contribution in [1.29, 1.82) is 0 Å². The van der Waals surface area contributed by atoms with Crippen LogP contribution in [-0.4, -0.2) is 6.71 Å². The van der Waals surface area contributed by atoms with Gasteiger partial charge in [-0.25, -0.2) is 0 Å². The molecule has 3 nitrogen and oxygen atoms in total. The normalized spacial score (nSPS) is 19.2. The first-order valence-corrected chi connectivity index (χ1v) is 30.4. The molecule has 0 N–H and O–H groups in total. The smallest absolute Gasteiger partial charge is 0.252 e. The van der Waals surface area contributed by atoms with Gasteiger partial charge in [0.05, 0.1) is 16.1 Å². The van der Waals surface area contributed by atoms with Crippen LogP contribution in [0.4, 0.5) is 51.2 Å². The number of nitrogens with zero attached hydrogens (tertiary/aromatic N) is 3. The Bertz CT molecular complexity index is 4000. The Kier molecular flexibility index (Phi) is 10.9. The summed E-state index contributed by atoms with van der Waals surface area (Å²) in [4.78, 5) is 8.09. The summed E-state index contributed by atoms with van der Waals surface area (Å²) in [6.45, 7) is 34.5. The maximum atomic E-state index is 2.76. The van der Waals surface area contributed by atoms with Crippen LogP contribution in [0.15, 0.2) is 146 Å². The molecular weight excluding hydrogens is 974 g/mol. The van der Waals surface area contributed by atoms with E-state index in [1.54, 1.807) is 0 Å². The molecule has 5 aliphatic rings. The Labute approximate surface area is 475 Å². The average Bonchev–Trinajstić information content (AvgIpc) is 3.65. The Morgan fingerprint density at radius 2 is 0.835 bits per heavy atom. The van der Waals surface area contributed by atoms with E-state index in [2.05, 4.69) is 257 Å². The van der Waals surface area contributed by atoms with Gasteiger partial charge < -0.3 is 14.7 Å².